The molecule has 0 aliphatic heterocycles. The van der Waals surface area contributed by atoms with Crippen LogP contribution in [0.4, 0.5) is 5.00 Å². The Morgan fingerprint density at radius 3 is 3.00 bits per heavy atom. The number of rotatable bonds is 7. The molecule has 166 valence electrons. The largest absolute Gasteiger partial charge is 0.316 e. The number of thioether (sulfide) groups is 1. The Bertz CT molecular complexity index is 1170. The zero-order valence-electron chi connectivity index (χ0n) is 18.6. The molecule has 0 saturated heterocycles. The lowest BCUT2D eigenvalue weighted by molar-refractivity contribution is -0.113. The molecule has 2 aromatic heterocycles. The van der Waals surface area contributed by atoms with E-state index in [1.54, 1.807) is 11.3 Å². The summed E-state index contributed by atoms with van der Waals surface area (Å²) >= 11 is 2.94. The van der Waals surface area contributed by atoms with Crippen LogP contribution in [0.1, 0.15) is 48.3 Å². The quantitative estimate of drug-likeness (QED) is 0.469. The first-order chi connectivity index (χ1) is 15.5. The topological polar surface area (TPSA) is 83.6 Å². The first-order valence-electron chi connectivity index (χ1n) is 11.0. The molecule has 0 saturated carbocycles. The van der Waals surface area contributed by atoms with Crippen LogP contribution in [0.3, 0.4) is 0 Å². The lowest BCUT2D eigenvalue weighted by Gasteiger charge is -2.17. The second-order valence-electron chi connectivity index (χ2n) is 8.33. The zero-order valence-corrected chi connectivity index (χ0v) is 20.3. The number of thiophene rings is 1. The molecule has 1 amide bonds. The van der Waals surface area contributed by atoms with Crippen molar-refractivity contribution in [3.8, 4) is 17.5 Å². The van der Waals surface area contributed by atoms with Gasteiger partial charge in [0.15, 0.2) is 11.0 Å². The SMILES string of the molecule is CCCn1c(SCC(=O)Nc2sc3c(c2C#N)CCC(C)C3)nnc1-c1cccc(C)c1. The second-order valence-corrected chi connectivity index (χ2v) is 10.4. The van der Waals surface area contributed by atoms with Gasteiger partial charge in [0.05, 0.1) is 11.3 Å². The van der Waals surface area contributed by atoms with Crippen LogP contribution < -0.4 is 5.32 Å². The van der Waals surface area contributed by atoms with E-state index in [1.165, 1.54) is 22.2 Å². The van der Waals surface area contributed by atoms with Gasteiger partial charge in [-0.1, -0.05) is 49.4 Å². The molecule has 1 aliphatic rings. The smallest absolute Gasteiger partial charge is 0.235 e. The minimum absolute atomic E-state index is 0.124. The fourth-order valence-electron chi connectivity index (χ4n) is 4.07. The number of hydrogen-bond donors (Lipinski definition) is 1. The van der Waals surface area contributed by atoms with Gasteiger partial charge in [-0.25, -0.2) is 0 Å². The van der Waals surface area contributed by atoms with Gasteiger partial charge in [-0.15, -0.1) is 21.5 Å². The van der Waals surface area contributed by atoms with E-state index in [0.717, 1.165) is 54.3 Å². The number of hydrogen-bond acceptors (Lipinski definition) is 6. The number of fused-ring (bicyclic) bond motifs is 1. The van der Waals surface area contributed by atoms with Gasteiger partial charge in [-0.05, 0) is 50.2 Å². The molecule has 8 heteroatoms. The summed E-state index contributed by atoms with van der Waals surface area (Å²) in [6.45, 7) is 7.20. The Morgan fingerprint density at radius 2 is 2.25 bits per heavy atom. The molecule has 1 aliphatic carbocycles. The van der Waals surface area contributed by atoms with Crippen molar-refractivity contribution in [2.45, 2.75) is 58.2 Å². The number of anilines is 1. The molecule has 0 bridgehead atoms. The molecule has 1 unspecified atom stereocenters. The van der Waals surface area contributed by atoms with Gasteiger partial charge >= 0.3 is 0 Å². The fraction of sp³-hybridized carbons (Fsp3) is 0.417. The molecule has 0 spiro atoms. The van der Waals surface area contributed by atoms with E-state index >= 15 is 0 Å². The van der Waals surface area contributed by atoms with Crippen LogP contribution >= 0.6 is 23.1 Å². The lowest BCUT2D eigenvalue weighted by Crippen LogP contribution is -2.15. The van der Waals surface area contributed by atoms with Crippen molar-refractivity contribution in [3.05, 3.63) is 45.8 Å². The predicted molar refractivity (Wildman–Crippen MR) is 130 cm³/mol. The maximum absolute atomic E-state index is 12.7. The van der Waals surface area contributed by atoms with Crippen LogP contribution in [-0.2, 0) is 24.2 Å². The fourth-order valence-corrected chi connectivity index (χ4v) is 6.21. The summed E-state index contributed by atoms with van der Waals surface area (Å²) in [5, 5.41) is 22.8. The maximum atomic E-state index is 12.7. The number of aromatic nitrogens is 3. The zero-order chi connectivity index (χ0) is 22.7. The molecule has 32 heavy (non-hydrogen) atoms. The van der Waals surface area contributed by atoms with Gasteiger partial charge in [0.25, 0.3) is 0 Å². The molecule has 1 atom stereocenters. The molecular formula is C24H27N5OS2. The standard InChI is InChI=1S/C24H27N5OS2/c1-4-10-29-22(17-7-5-6-15(2)11-17)27-28-24(29)31-14-21(30)26-23-19(13-25)18-9-8-16(3)12-20(18)32-23/h5-7,11,16H,4,8-10,12,14H2,1-3H3,(H,26,30). The van der Waals surface area contributed by atoms with Gasteiger partial charge in [0.2, 0.25) is 5.91 Å². The van der Waals surface area contributed by atoms with Gasteiger partial charge < -0.3 is 9.88 Å². The molecule has 4 rings (SSSR count). The highest BCUT2D eigenvalue weighted by Gasteiger charge is 2.25. The first-order valence-corrected chi connectivity index (χ1v) is 12.8. The van der Waals surface area contributed by atoms with E-state index in [1.807, 2.05) is 12.1 Å². The number of carbonyl (C=O) groups is 1. The summed E-state index contributed by atoms with van der Waals surface area (Å²) in [5.41, 5.74) is 3.97. The Morgan fingerprint density at radius 1 is 1.41 bits per heavy atom. The van der Waals surface area contributed by atoms with E-state index in [2.05, 4.69) is 59.1 Å². The van der Waals surface area contributed by atoms with Crippen molar-refractivity contribution in [2.24, 2.45) is 5.92 Å². The van der Waals surface area contributed by atoms with Crippen molar-refractivity contribution in [1.29, 1.82) is 5.26 Å². The molecular weight excluding hydrogens is 438 g/mol. The van der Waals surface area contributed by atoms with E-state index in [0.29, 0.717) is 16.5 Å². The van der Waals surface area contributed by atoms with E-state index in [4.69, 9.17) is 0 Å². The summed E-state index contributed by atoms with van der Waals surface area (Å²) in [4.78, 5) is 14.0. The molecule has 0 radical (unpaired) electrons. The van der Waals surface area contributed by atoms with E-state index in [-0.39, 0.29) is 11.7 Å². The van der Waals surface area contributed by atoms with Crippen molar-refractivity contribution < 1.29 is 4.79 Å². The average molecular weight is 466 g/mol. The highest BCUT2D eigenvalue weighted by molar-refractivity contribution is 7.99. The van der Waals surface area contributed by atoms with Crippen LogP contribution in [0.15, 0.2) is 29.4 Å². The first kappa shape index (κ1) is 22.6. The maximum Gasteiger partial charge on any atom is 0.235 e. The number of nitrogens with one attached hydrogen (secondary N) is 1. The van der Waals surface area contributed by atoms with Gasteiger partial charge in [0, 0.05) is 17.0 Å². The van der Waals surface area contributed by atoms with Crippen molar-refractivity contribution in [1.82, 2.24) is 14.8 Å². The third-order valence-electron chi connectivity index (χ3n) is 5.65. The highest BCUT2D eigenvalue weighted by Crippen LogP contribution is 2.39. The average Bonchev–Trinajstić information content (AvgIpc) is 3.32. The summed E-state index contributed by atoms with van der Waals surface area (Å²) < 4.78 is 2.08. The summed E-state index contributed by atoms with van der Waals surface area (Å²) in [6.07, 6.45) is 3.95. The van der Waals surface area contributed by atoms with Crippen LogP contribution in [0.2, 0.25) is 0 Å². The Balaban J connectivity index is 1.48. The number of nitrogens with zero attached hydrogens (tertiary/aromatic N) is 4. The number of carbonyl (C=O) groups excluding carboxylic acids is 1. The Kier molecular flexibility index (Phi) is 6.97. The number of amides is 1. The normalized spacial score (nSPS) is 15.2. The highest BCUT2D eigenvalue weighted by atomic mass is 32.2. The number of benzene rings is 1. The second kappa shape index (κ2) is 9.88. The van der Waals surface area contributed by atoms with Gasteiger partial charge in [-0.3, -0.25) is 4.79 Å². The Hall–Kier alpha value is -2.63. The number of nitriles is 1. The third kappa shape index (κ3) is 4.74. The monoisotopic (exact) mass is 465 g/mol. The van der Waals surface area contributed by atoms with Gasteiger partial charge in [-0.2, -0.15) is 5.26 Å². The van der Waals surface area contributed by atoms with E-state index < -0.39 is 0 Å². The molecule has 1 aromatic carbocycles. The van der Waals surface area contributed by atoms with Gasteiger partial charge in [0.1, 0.15) is 11.1 Å². The van der Waals surface area contributed by atoms with Crippen LogP contribution in [-0.4, -0.2) is 26.4 Å². The van der Waals surface area contributed by atoms with Crippen LogP contribution in [0.25, 0.3) is 11.4 Å². The number of aryl methyl sites for hydroxylation is 1. The lowest BCUT2D eigenvalue weighted by atomic mass is 9.89. The molecule has 6 nitrogen and oxygen atoms in total. The van der Waals surface area contributed by atoms with Crippen LogP contribution in [0, 0.1) is 24.2 Å². The summed E-state index contributed by atoms with van der Waals surface area (Å²) in [7, 11) is 0. The van der Waals surface area contributed by atoms with Crippen molar-refractivity contribution in [3.63, 3.8) is 0 Å². The molecule has 1 N–H and O–H groups in total. The van der Waals surface area contributed by atoms with E-state index in [9.17, 15) is 10.1 Å². The minimum atomic E-state index is -0.124. The van der Waals surface area contributed by atoms with Crippen molar-refractivity contribution >= 4 is 34.0 Å². The third-order valence-corrected chi connectivity index (χ3v) is 7.79. The molecule has 2 heterocycles. The minimum Gasteiger partial charge on any atom is -0.316 e. The predicted octanol–water partition coefficient (Wildman–Crippen LogP) is 5.45. The molecule has 3 aromatic rings. The summed E-state index contributed by atoms with van der Waals surface area (Å²) in [6, 6.07) is 10.5. The van der Waals surface area contributed by atoms with Crippen molar-refractivity contribution in [2.75, 3.05) is 11.1 Å². The summed E-state index contributed by atoms with van der Waals surface area (Å²) in [5.74, 6) is 1.55. The Labute approximate surface area is 197 Å². The van der Waals surface area contributed by atoms with Crippen LogP contribution in [0.5, 0.6) is 0 Å². The molecule has 0 fully saturated rings.